The molecule has 0 radical (unpaired) electrons. The van der Waals surface area contributed by atoms with Crippen LogP contribution in [0, 0.1) is 0 Å². The summed E-state index contributed by atoms with van der Waals surface area (Å²) in [6.07, 6.45) is 18.4. The van der Waals surface area contributed by atoms with Gasteiger partial charge in [0.2, 0.25) is 0 Å². The molecule has 0 aliphatic heterocycles. The fraction of sp³-hybridized carbons (Fsp3) is 0.939. The van der Waals surface area contributed by atoms with Crippen LogP contribution in [-0.4, -0.2) is 79.3 Å². The Morgan fingerprint density at radius 2 is 1.12 bits per heavy atom. The van der Waals surface area contributed by atoms with Crippen LogP contribution < -0.4 is 0 Å². The average molecular weight is 637 g/mol. The van der Waals surface area contributed by atoms with Crippen molar-refractivity contribution in [2.45, 2.75) is 161 Å². The minimum Gasteiger partial charge on any atom is -0.457 e. The lowest BCUT2D eigenvalue weighted by Gasteiger charge is -2.27. The molecule has 0 aliphatic carbocycles. The standard InChI is InChI=1S/C33H66NO8P/c1-6-8-10-12-14-16-18-20-22-24-26-32(37)41-31(29-35)33(42-43(38,39)40-28-27-34(3,4)5)30(36)25-23-21-19-17-15-13-11-9-7-2/h31,33,35H,6-29H2,1-5H3/p+1/t31-,33?/m0/s1. The Morgan fingerprint density at radius 1 is 0.698 bits per heavy atom. The summed E-state index contributed by atoms with van der Waals surface area (Å²) in [5.41, 5.74) is 0. The number of phosphoric ester groups is 1. The zero-order chi connectivity index (χ0) is 32.4. The quantitative estimate of drug-likeness (QED) is 0.0341. The molecule has 0 saturated carbocycles. The minimum atomic E-state index is -4.64. The number of quaternary nitrogens is 1. The topological polar surface area (TPSA) is 119 Å². The number of rotatable bonds is 31. The average Bonchev–Trinajstić information content (AvgIpc) is 2.94. The van der Waals surface area contributed by atoms with Crippen molar-refractivity contribution < 1.29 is 42.4 Å². The van der Waals surface area contributed by atoms with Crippen molar-refractivity contribution in [1.29, 1.82) is 0 Å². The predicted octanol–water partition coefficient (Wildman–Crippen LogP) is 7.90. The van der Waals surface area contributed by atoms with Crippen molar-refractivity contribution in [2.24, 2.45) is 0 Å². The number of ketones is 1. The highest BCUT2D eigenvalue weighted by Gasteiger charge is 2.38. The van der Waals surface area contributed by atoms with Gasteiger partial charge in [0.15, 0.2) is 18.0 Å². The maximum absolute atomic E-state index is 13.2. The first-order valence-electron chi connectivity index (χ1n) is 17.2. The molecule has 256 valence electrons. The third kappa shape index (κ3) is 26.1. The molecule has 9 nitrogen and oxygen atoms in total. The molecule has 0 rings (SSSR count). The highest BCUT2D eigenvalue weighted by Crippen LogP contribution is 2.45. The number of phosphoric acid groups is 1. The Kier molecular flexibility index (Phi) is 25.9. The van der Waals surface area contributed by atoms with Crippen molar-refractivity contribution in [3.63, 3.8) is 0 Å². The minimum absolute atomic E-state index is 0.0568. The number of likely N-dealkylation sites (N-methyl/N-ethyl adjacent to an activating group) is 1. The molecule has 0 spiro atoms. The summed E-state index contributed by atoms with van der Waals surface area (Å²) in [5.74, 6) is -1.03. The predicted molar refractivity (Wildman–Crippen MR) is 174 cm³/mol. The largest absolute Gasteiger partial charge is 0.473 e. The van der Waals surface area contributed by atoms with E-state index in [1.165, 1.54) is 70.6 Å². The number of carbonyl (C=O) groups is 2. The molecule has 10 heteroatoms. The molecule has 0 aliphatic rings. The van der Waals surface area contributed by atoms with Crippen LogP contribution >= 0.6 is 7.82 Å². The smallest absolute Gasteiger partial charge is 0.457 e. The first-order valence-corrected chi connectivity index (χ1v) is 18.7. The Hall–Kier alpha value is -0.830. The molecule has 0 saturated heterocycles. The second kappa shape index (κ2) is 26.4. The maximum atomic E-state index is 13.2. The fourth-order valence-corrected chi connectivity index (χ4v) is 5.78. The summed E-state index contributed by atoms with van der Waals surface area (Å²) in [6, 6.07) is 0. The lowest BCUT2D eigenvalue weighted by atomic mass is 10.0. The number of esters is 1. The molecule has 0 bridgehead atoms. The molecule has 3 atom stereocenters. The van der Waals surface area contributed by atoms with Gasteiger partial charge in [0.25, 0.3) is 0 Å². The van der Waals surface area contributed by atoms with E-state index in [1.54, 1.807) is 0 Å². The Bertz CT molecular complexity index is 743. The molecule has 0 fully saturated rings. The van der Waals surface area contributed by atoms with E-state index < -0.39 is 38.4 Å². The zero-order valence-electron chi connectivity index (χ0n) is 28.4. The Labute approximate surface area is 263 Å². The number of Topliss-reactive ketones (excluding diaryl/α,β-unsaturated/α-hetero) is 1. The van der Waals surface area contributed by atoms with Crippen LogP contribution in [0.25, 0.3) is 0 Å². The SMILES string of the molecule is CCCCCCCCCCCCC(=O)O[C@@H](CO)C(OP(=O)(O)OCC[N+](C)(C)C)C(=O)CCCCCCCCCCC. The molecule has 0 aromatic heterocycles. The van der Waals surface area contributed by atoms with Crippen LogP contribution in [0.2, 0.25) is 0 Å². The first kappa shape index (κ1) is 42.2. The van der Waals surface area contributed by atoms with Gasteiger partial charge >= 0.3 is 13.8 Å². The maximum Gasteiger partial charge on any atom is 0.473 e. The van der Waals surface area contributed by atoms with E-state index in [9.17, 15) is 24.2 Å². The van der Waals surface area contributed by atoms with Crippen LogP contribution in [0.1, 0.15) is 149 Å². The number of nitrogens with zero attached hydrogens (tertiary/aromatic N) is 1. The Morgan fingerprint density at radius 3 is 1.53 bits per heavy atom. The summed E-state index contributed by atoms with van der Waals surface area (Å²) < 4.78 is 29.1. The highest BCUT2D eigenvalue weighted by molar-refractivity contribution is 7.47. The first-order chi connectivity index (χ1) is 20.5. The van der Waals surface area contributed by atoms with Gasteiger partial charge in [-0.15, -0.1) is 0 Å². The number of hydrogen-bond acceptors (Lipinski definition) is 7. The molecule has 0 heterocycles. The van der Waals surface area contributed by atoms with Crippen LogP contribution in [0.5, 0.6) is 0 Å². The van der Waals surface area contributed by atoms with E-state index in [2.05, 4.69) is 13.8 Å². The molecule has 0 amide bonds. The monoisotopic (exact) mass is 636 g/mol. The Balaban J connectivity index is 4.86. The summed E-state index contributed by atoms with van der Waals surface area (Å²) in [6.45, 7) is 4.10. The van der Waals surface area contributed by atoms with Gasteiger partial charge < -0.3 is 19.2 Å². The summed E-state index contributed by atoms with van der Waals surface area (Å²) >= 11 is 0. The molecular weight excluding hydrogens is 569 g/mol. The van der Waals surface area contributed by atoms with Gasteiger partial charge in [-0.1, -0.05) is 123 Å². The van der Waals surface area contributed by atoms with Gasteiger partial charge in [0, 0.05) is 12.8 Å². The second-order valence-electron chi connectivity index (χ2n) is 13.0. The van der Waals surface area contributed by atoms with E-state index >= 15 is 0 Å². The van der Waals surface area contributed by atoms with Crippen LogP contribution in [0.4, 0.5) is 0 Å². The lowest BCUT2D eigenvalue weighted by Crippen LogP contribution is -2.42. The summed E-state index contributed by atoms with van der Waals surface area (Å²) in [5, 5.41) is 10.0. The van der Waals surface area contributed by atoms with E-state index in [-0.39, 0.29) is 19.4 Å². The van der Waals surface area contributed by atoms with Gasteiger partial charge in [0.1, 0.15) is 13.2 Å². The van der Waals surface area contributed by atoms with E-state index in [0.717, 1.165) is 38.5 Å². The van der Waals surface area contributed by atoms with Gasteiger partial charge in [-0.25, -0.2) is 4.57 Å². The highest BCUT2D eigenvalue weighted by atomic mass is 31.2. The van der Waals surface area contributed by atoms with Gasteiger partial charge in [0.05, 0.1) is 27.7 Å². The van der Waals surface area contributed by atoms with Crippen LogP contribution in [-0.2, 0) is 27.9 Å². The van der Waals surface area contributed by atoms with Crippen molar-refractivity contribution in [3.8, 4) is 0 Å². The van der Waals surface area contributed by atoms with Crippen LogP contribution in [0.15, 0.2) is 0 Å². The van der Waals surface area contributed by atoms with E-state index in [1.807, 2.05) is 21.1 Å². The number of unbranched alkanes of at least 4 members (excludes halogenated alkanes) is 17. The normalized spacial score (nSPS) is 14.8. The van der Waals surface area contributed by atoms with E-state index in [0.29, 0.717) is 23.9 Å². The van der Waals surface area contributed by atoms with Crippen molar-refractivity contribution in [3.05, 3.63) is 0 Å². The summed E-state index contributed by atoms with van der Waals surface area (Å²) in [7, 11) is 1.11. The summed E-state index contributed by atoms with van der Waals surface area (Å²) in [4.78, 5) is 36.1. The molecule has 43 heavy (non-hydrogen) atoms. The molecule has 0 aromatic carbocycles. The fourth-order valence-electron chi connectivity index (χ4n) is 4.87. The number of aliphatic hydroxyl groups excluding tert-OH is 1. The van der Waals surface area contributed by atoms with Gasteiger partial charge in [-0.2, -0.15) is 0 Å². The lowest BCUT2D eigenvalue weighted by molar-refractivity contribution is -0.870. The molecule has 2 unspecified atom stereocenters. The molecular formula is C33H67NO8P+. The zero-order valence-corrected chi connectivity index (χ0v) is 29.3. The van der Waals surface area contributed by atoms with Gasteiger partial charge in [-0.05, 0) is 12.8 Å². The second-order valence-corrected chi connectivity index (χ2v) is 14.4. The number of ether oxygens (including phenoxy) is 1. The van der Waals surface area contributed by atoms with Crippen molar-refractivity contribution in [1.82, 2.24) is 0 Å². The van der Waals surface area contributed by atoms with Crippen molar-refractivity contribution in [2.75, 3.05) is 40.9 Å². The number of aliphatic hydroxyl groups is 1. The third-order valence-corrected chi connectivity index (χ3v) is 8.64. The number of carbonyl (C=O) groups excluding carboxylic acids is 2. The van der Waals surface area contributed by atoms with E-state index in [4.69, 9.17) is 13.8 Å². The number of hydrogen-bond donors (Lipinski definition) is 2. The van der Waals surface area contributed by atoms with Crippen LogP contribution in [0.3, 0.4) is 0 Å². The van der Waals surface area contributed by atoms with Crippen molar-refractivity contribution >= 4 is 19.6 Å². The third-order valence-electron chi connectivity index (χ3n) is 7.64. The molecule has 0 aromatic rings. The van der Waals surface area contributed by atoms with Gasteiger partial charge in [-0.3, -0.25) is 18.6 Å². The molecule has 2 N–H and O–H groups in total.